The number of nitrogens with one attached hydrogen (secondary N) is 1. The zero-order valence-electron chi connectivity index (χ0n) is 13.3. The molecule has 10 heteroatoms. The average molecular weight is 351 g/mol. The summed E-state index contributed by atoms with van der Waals surface area (Å²) in [4.78, 5) is 12.5. The van der Waals surface area contributed by atoms with E-state index in [0.29, 0.717) is 29.6 Å². The molecular weight excluding hydrogens is 335 g/mol. The summed E-state index contributed by atoms with van der Waals surface area (Å²) in [5, 5.41) is 6.05. The van der Waals surface area contributed by atoms with Crippen LogP contribution in [0.15, 0.2) is 24.7 Å². The minimum atomic E-state index is -4.61. The van der Waals surface area contributed by atoms with Crippen molar-refractivity contribution in [1.29, 1.82) is 0 Å². The Bertz CT molecular complexity index is 902. The SMILES string of the molecule is CC(N)(CCN)c1nc(-c2cn[nH]c2C(F)(F)F)nc2cnccc12. The van der Waals surface area contributed by atoms with Crippen LogP contribution < -0.4 is 11.5 Å². The van der Waals surface area contributed by atoms with Crippen molar-refractivity contribution in [2.24, 2.45) is 11.5 Å². The molecule has 0 amide bonds. The van der Waals surface area contributed by atoms with Gasteiger partial charge in [0.1, 0.15) is 0 Å². The fraction of sp³-hybridized carbons (Fsp3) is 0.333. The van der Waals surface area contributed by atoms with Gasteiger partial charge in [-0.15, -0.1) is 0 Å². The molecule has 0 aliphatic carbocycles. The molecule has 1 atom stereocenters. The summed E-state index contributed by atoms with van der Waals surface area (Å²) >= 11 is 0. The van der Waals surface area contributed by atoms with Gasteiger partial charge in [-0.25, -0.2) is 9.97 Å². The molecule has 0 aliphatic rings. The predicted octanol–water partition coefficient (Wildman–Crippen LogP) is 1.96. The maximum atomic E-state index is 13.2. The molecule has 3 heterocycles. The van der Waals surface area contributed by atoms with Crippen molar-refractivity contribution < 1.29 is 13.2 Å². The Morgan fingerprint density at radius 2 is 1.96 bits per heavy atom. The highest BCUT2D eigenvalue weighted by molar-refractivity contribution is 5.83. The van der Waals surface area contributed by atoms with Crippen molar-refractivity contribution in [2.45, 2.75) is 25.1 Å². The number of H-pyrrole nitrogens is 1. The van der Waals surface area contributed by atoms with Crippen molar-refractivity contribution in [1.82, 2.24) is 25.1 Å². The number of alkyl halides is 3. The van der Waals surface area contributed by atoms with Gasteiger partial charge in [-0.3, -0.25) is 10.1 Å². The molecule has 1 unspecified atom stereocenters. The fourth-order valence-electron chi connectivity index (χ4n) is 2.63. The van der Waals surface area contributed by atoms with Gasteiger partial charge in [-0.1, -0.05) is 0 Å². The Morgan fingerprint density at radius 3 is 2.64 bits per heavy atom. The lowest BCUT2D eigenvalue weighted by Gasteiger charge is -2.25. The molecule has 25 heavy (non-hydrogen) atoms. The second kappa shape index (κ2) is 6.05. The fourth-order valence-corrected chi connectivity index (χ4v) is 2.63. The summed E-state index contributed by atoms with van der Waals surface area (Å²) in [5.74, 6) is -0.120. The van der Waals surface area contributed by atoms with Gasteiger partial charge >= 0.3 is 6.18 Å². The standard InChI is InChI=1S/C15H16F3N7/c1-14(20,3-4-19)11-8-2-5-21-7-10(8)23-13(24-11)9-6-22-25-12(9)15(16,17)18/h2,5-7H,3-4,19-20H2,1H3,(H,22,25). The molecule has 0 saturated heterocycles. The van der Waals surface area contributed by atoms with Crippen LogP contribution in [0.2, 0.25) is 0 Å². The Kier molecular flexibility index (Phi) is 4.17. The van der Waals surface area contributed by atoms with E-state index in [2.05, 4.69) is 20.1 Å². The van der Waals surface area contributed by atoms with E-state index in [1.807, 2.05) is 5.10 Å². The van der Waals surface area contributed by atoms with Crippen LogP contribution in [0.3, 0.4) is 0 Å². The van der Waals surface area contributed by atoms with Crippen molar-refractivity contribution >= 4 is 10.9 Å². The quantitative estimate of drug-likeness (QED) is 0.661. The van der Waals surface area contributed by atoms with Crippen LogP contribution in [0.4, 0.5) is 13.2 Å². The third kappa shape index (κ3) is 3.17. The Morgan fingerprint density at radius 1 is 1.20 bits per heavy atom. The van der Waals surface area contributed by atoms with Gasteiger partial charge < -0.3 is 11.5 Å². The third-order valence-electron chi connectivity index (χ3n) is 3.87. The van der Waals surface area contributed by atoms with E-state index in [4.69, 9.17) is 11.5 Å². The van der Waals surface area contributed by atoms with Gasteiger partial charge in [0.05, 0.1) is 34.7 Å². The number of pyridine rings is 1. The molecule has 0 aromatic carbocycles. The Balaban J connectivity index is 2.27. The zero-order chi connectivity index (χ0) is 18.2. The van der Waals surface area contributed by atoms with E-state index in [1.54, 1.807) is 19.2 Å². The number of rotatable bonds is 4. The molecule has 132 valence electrons. The minimum Gasteiger partial charge on any atom is -0.330 e. The number of nitrogens with two attached hydrogens (primary N) is 2. The first-order valence-electron chi connectivity index (χ1n) is 7.46. The second-order valence-electron chi connectivity index (χ2n) is 5.90. The van der Waals surface area contributed by atoms with Gasteiger partial charge in [0.15, 0.2) is 11.5 Å². The lowest BCUT2D eigenvalue weighted by molar-refractivity contribution is -0.140. The van der Waals surface area contributed by atoms with Crippen LogP contribution in [0.25, 0.3) is 22.3 Å². The molecule has 3 rings (SSSR count). The molecule has 3 aromatic rings. The van der Waals surface area contributed by atoms with Crippen LogP contribution in [-0.4, -0.2) is 31.7 Å². The molecule has 0 aliphatic heterocycles. The first-order chi connectivity index (χ1) is 11.7. The molecule has 0 fully saturated rings. The highest BCUT2D eigenvalue weighted by Crippen LogP contribution is 2.35. The average Bonchev–Trinajstić information content (AvgIpc) is 3.03. The second-order valence-corrected chi connectivity index (χ2v) is 5.90. The minimum absolute atomic E-state index is 0.120. The number of fused-ring (bicyclic) bond motifs is 1. The van der Waals surface area contributed by atoms with Crippen LogP contribution in [0, 0.1) is 0 Å². The number of halogens is 3. The highest BCUT2D eigenvalue weighted by atomic mass is 19.4. The predicted molar refractivity (Wildman–Crippen MR) is 85.1 cm³/mol. The van der Waals surface area contributed by atoms with Gasteiger partial charge in [-0.2, -0.15) is 18.3 Å². The summed E-state index contributed by atoms with van der Waals surface area (Å²) in [7, 11) is 0. The monoisotopic (exact) mass is 351 g/mol. The normalized spacial score (nSPS) is 14.6. The summed E-state index contributed by atoms with van der Waals surface area (Å²) in [5.41, 5.74) is 10.5. The zero-order valence-corrected chi connectivity index (χ0v) is 13.3. The first kappa shape index (κ1) is 17.2. The number of aromatic nitrogens is 5. The van der Waals surface area contributed by atoms with Gasteiger partial charge in [0.25, 0.3) is 0 Å². The topological polar surface area (TPSA) is 119 Å². The van der Waals surface area contributed by atoms with Gasteiger partial charge in [-0.05, 0) is 26.0 Å². The van der Waals surface area contributed by atoms with Crippen molar-refractivity contribution in [3.63, 3.8) is 0 Å². The molecular formula is C15H16F3N7. The maximum absolute atomic E-state index is 13.2. The molecule has 0 saturated carbocycles. The Labute approximate surface area is 140 Å². The largest absolute Gasteiger partial charge is 0.433 e. The van der Waals surface area contributed by atoms with E-state index in [1.165, 1.54) is 6.20 Å². The lowest BCUT2D eigenvalue weighted by atomic mass is 9.92. The van der Waals surface area contributed by atoms with E-state index in [0.717, 1.165) is 6.20 Å². The smallest absolute Gasteiger partial charge is 0.330 e. The molecule has 0 radical (unpaired) electrons. The van der Waals surface area contributed by atoms with E-state index in [-0.39, 0.29) is 11.4 Å². The van der Waals surface area contributed by atoms with Gasteiger partial charge in [0, 0.05) is 11.6 Å². The van der Waals surface area contributed by atoms with E-state index in [9.17, 15) is 13.2 Å². The number of aromatic amines is 1. The first-order valence-corrected chi connectivity index (χ1v) is 7.46. The van der Waals surface area contributed by atoms with Crippen LogP contribution in [0.1, 0.15) is 24.7 Å². The van der Waals surface area contributed by atoms with Crippen LogP contribution in [0.5, 0.6) is 0 Å². The van der Waals surface area contributed by atoms with Crippen molar-refractivity contribution in [3.8, 4) is 11.4 Å². The molecule has 3 aromatic heterocycles. The molecule has 0 spiro atoms. The summed E-state index contributed by atoms with van der Waals surface area (Å²) in [6.45, 7) is 2.03. The van der Waals surface area contributed by atoms with Crippen molar-refractivity contribution in [3.05, 3.63) is 36.0 Å². The third-order valence-corrected chi connectivity index (χ3v) is 3.87. The van der Waals surface area contributed by atoms with Crippen molar-refractivity contribution in [2.75, 3.05) is 6.54 Å². The molecule has 7 nitrogen and oxygen atoms in total. The summed E-state index contributed by atoms with van der Waals surface area (Å²) < 4.78 is 39.5. The highest BCUT2D eigenvalue weighted by Gasteiger charge is 2.37. The van der Waals surface area contributed by atoms with E-state index >= 15 is 0 Å². The Hall–Kier alpha value is -2.59. The van der Waals surface area contributed by atoms with E-state index < -0.39 is 17.4 Å². The number of nitrogens with zero attached hydrogens (tertiary/aromatic N) is 4. The lowest BCUT2D eigenvalue weighted by Crippen LogP contribution is -2.36. The number of hydrogen-bond acceptors (Lipinski definition) is 6. The molecule has 5 N–H and O–H groups in total. The molecule has 0 bridgehead atoms. The summed E-state index contributed by atoms with van der Waals surface area (Å²) in [6.07, 6.45) is -0.163. The maximum Gasteiger partial charge on any atom is 0.433 e. The van der Waals surface area contributed by atoms with Gasteiger partial charge in [0.2, 0.25) is 0 Å². The van der Waals surface area contributed by atoms with Crippen LogP contribution >= 0.6 is 0 Å². The summed E-state index contributed by atoms with van der Waals surface area (Å²) in [6, 6.07) is 1.68. The number of hydrogen-bond donors (Lipinski definition) is 3. The van der Waals surface area contributed by atoms with Crippen LogP contribution in [-0.2, 0) is 11.7 Å².